The lowest BCUT2D eigenvalue weighted by atomic mass is 10.1. The van der Waals surface area contributed by atoms with Crippen LogP contribution in [0.15, 0.2) is 42.7 Å². The van der Waals surface area contributed by atoms with E-state index in [-0.39, 0.29) is 0 Å². The van der Waals surface area contributed by atoms with Crippen LogP contribution in [0.1, 0.15) is 35.3 Å². The minimum absolute atomic E-state index is 0.352. The van der Waals surface area contributed by atoms with Crippen LogP contribution in [0.25, 0.3) is 0 Å². The van der Waals surface area contributed by atoms with E-state index in [0.717, 1.165) is 6.42 Å². The van der Waals surface area contributed by atoms with Crippen LogP contribution in [0.4, 0.5) is 0 Å². The van der Waals surface area contributed by atoms with Gasteiger partial charge in [0.25, 0.3) is 5.91 Å². The first-order chi connectivity index (χ1) is 10.1. The second-order valence-electron chi connectivity index (χ2n) is 4.65. The second kappa shape index (κ2) is 6.69. The van der Waals surface area contributed by atoms with Crippen molar-refractivity contribution in [3.05, 3.63) is 53.9 Å². The Balaban J connectivity index is 2.13. The molecule has 0 bridgehead atoms. The van der Waals surface area contributed by atoms with Crippen molar-refractivity contribution in [1.29, 1.82) is 0 Å². The summed E-state index contributed by atoms with van der Waals surface area (Å²) in [6.07, 6.45) is 3.96. The Hall–Kier alpha value is -2.63. The Labute approximate surface area is 122 Å². The average Bonchev–Trinajstić information content (AvgIpc) is 2.94. The fraction of sp³-hybridized carbons (Fsp3) is 0.267. The molecule has 1 atom stereocenters. The molecular weight excluding hydrogens is 270 g/mol. The zero-order valence-corrected chi connectivity index (χ0v) is 11.7. The first kappa shape index (κ1) is 14.8. The van der Waals surface area contributed by atoms with Crippen molar-refractivity contribution in [2.45, 2.75) is 25.9 Å². The van der Waals surface area contributed by atoms with Crippen LogP contribution in [0.5, 0.6) is 0 Å². The predicted molar refractivity (Wildman–Crippen MR) is 76.8 cm³/mol. The fourth-order valence-electron chi connectivity index (χ4n) is 1.98. The predicted octanol–water partition coefficient (Wildman–Crippen LogP) is 1.85. The molecule has 0 aliphatic heterocycles. The van der Waals surface area contributed by atoms with E-state index < -0.39 is 17.9 Å². The molecule has 21 heavy (non-hydrogen) atoms. The molecule has 0 unspecified atom stereocenters. The van der Waals surface area contributed by atoms with Gasteiger partial charge in [0.2, 0.25) is 0 Å². The van der Waals surface area contributed by atoms with Gasteiger partial charge in [0, 0.05) is 12.7 Å². The highest BCUT2D eigenvalue weighted by molar-refractivity contribution is 5.96. The Bertz CT molecular complexity index is 622. The Morgan fingerprint density at radius 3 is 2.67 bits per heavy atom. The topological polar surface area (TPSA) is 84.2 Å². The zero-order valence-electron chi connectivity index (χ0n) is 11.7. The van der Waals surface area contributed by atoms with Crippen molar-refractivity contribution < 1.29 is 14.7 Å². The molecule has 110 valence electrons. The first-order valence-electron chi connectivity index (χ1n) is 6.73. The molecule has 6 nitrogen and oxygen atoms in total. The van der Waals surface area contributed by atoms with Gasteiger partial charge in [-0.1, -0.05) is 37.3 Å². The molecule has 1 aromatic heterocycles. The van der Waals surface area contributed by atoms with Gasteiger partial charge in [-0.3, -0.25) is 9.48 Å². The molecule has 0 aliphatic carbocycles. The fourth-order valence-corrected chi connectivity index (χ4v) is 1.98. The van der Waals surface area contributed by atoms with Crippen LogP contribution in [0.2, 0.25) is 0 Å². The summed E-state index contributed by atoms with van der Waals surface area (Å²) in [5.74, 6) is -1.55. The molecule has 0 saturated carbocycles. The number of rotatable bonds is 6. The number of nitrogens with one attached hydrogen (secondary N) is 1. The minimum Gasteiger partial charge on any atom is -0.479 e. The molecule has 0 saturated heterocycles. The number of aliphatic carboxylic acids is 1. The van der Waals surface area contributed by atoms with E-state index >= 15 is 0 Å². The highest BCUT2D eigenvalue weighted by Crippen LogP contribution is 2.13. The highest BCUT2D eigenvalue weighted by atomic mass is 16.4. The van der Waals surface area contributed by atoms with Crippen LogP contribution in [0, 0.1) is 0 Å². The lowest BCUT2D eigenvalue weighted by molar-refractivity contribution is -0.139. The summed E-state index contributed by atoms with van der Waals surface area (Å²) < 4.78 is 1.66. The van der Waals surface area contributed by atoms with E-state index in [0.29, 0.717) is 17.7 Å². The standard InChI is InChI=1S/C15H17N3O3/c1-2-8-18-10-12(9-16-18)14(19)17-13(15(20)21)11-6-4-3-5-7-11/h3-7,9-10,13H,2,8H2,1H3,(H,17,19)(H,20,21)/t13-/m1/s1. The number of hydrogen-bond acceptors (Lipinski definition) is 3. The third-order valence-electron chi connectivity index (χ3n) is 3.00. The first-order valence-corrected chi connectivity index (χ1v) is 6.73. The van der Waals surface area contributed by atoms with Crippen molar-refractivity contribution >= 4 is 11.9 Å². The summed E-state index contributed by atoms with van der Waals surface area (Å²) >= 11 is 0. The van der Waals surface area contributed by atoms with Gasteiger partial charge in [0.1, 0.15) is 0 Å². The normalized spacial score (nSPS) is 11.9. The number of nitrogens with zero attached hydrogens (tertiary/aromatic N) is 2. The Morgan fingerprint density at radius 2 is 2.05 bits per heavy atom. The maximum absolute atomic E-state index is 12.1. The lowest BCUT2D eigenvalue weighted by Crippen LogP contribution is -2.33. The number of carbonyl (C=O) groups excluding carboxylic acids is 1. The number of amides is 1. The molecule has 0 fully saturated rings. The minimum atomic E-state index is -1.10. The number of hydrogen-bond donors (Lipinski definition) is 2. The van der Waals surface area contributed by atoms with E-state index in [1.807, 2.05) is 6.92 Å². The molecule has 0 spiro atoms. The van der Waals surface area contributed by atoms with Gasteiger partial charge in [0.15, 0.2) is 6.04 Å². The number of benzene rings is 1. The van der Waals surface area contributed by atoms with Gasteiger partial charge >= 0.3 is 5.97 Å². The molecule has 2 rings (SSSR count). The Morgan fingerprint density at radius 1 is 1.33 bits per heavy atom. The summed E-state index contributed by atoms with van der Waals surface area (Å²) in [4.78, 5) is 23.5. The molecule has 1 aromatic carbocycles. The summed E-state index contributed by atoms with van der Waals surface area (Å²) in [5, 5.41) is 15.8. The van der Waals surface area contributed by atoms with Crippen molar-refractivity contribution in [3.8, 4) is 0 Å². The number of aryl methyl sites for hydroxylation is 1. The zero-order chi connectivity index (χ0) is 15.2. The quantitative estimate of drug-likeness (QED) is 0.849. The SMILES string of the molecule is CCCn1cc(C(=O)N[C@@H](C(=O)O)c2ccccc2)cn1. The van der Waals surface area contributed by atoms with Gasteiger partial charge in [-0.05, 0) is 12.0 Å². The van der Waals surface area contributed by atoms with Crippen LogP contribution in [-0.2, 0) is 11.3 Å². The van der Waals surface area contributed by atoms with Crippen LogP contribution in [0.3, 0.4) is 0 Å². The van der Waals surface area contributed by atoms with Gasteiger partial charge in [0.05, 0.1) is 11.8 Å². The molecule has 1 amide bonds. The third-order valence-corrected chi connectivity index (χ3v) is 3.00. The van der Waals surface area contributed by atoms with E-state index in [1.54, 1.807) is 41.2 Å². The summed E-state index contributed by atoms with van der Waals surface area (Å²) in [7, 11) is 0. The third kappa shape index (κ3) is 3.68. The largest absolute Gasteiger partial charge is 0.479 e. The van der Waals surface area contributed by atoms with Crippen molar-refractivity contribution in [2.75, 3.05) is 0 Å². The summed E-state index contributed by atoms with van der Waals surface area (Å²) in [6.45, 7) is 2.73. The van der Waals surface area contributed by atoms with Crippen molar-refractivity contribution in [3.63, 3.8) is 0 Å². The molecular formula is C15H17N3O3. The molecule has 0 aliphatic rings. The molecule has 1 heterocycles. The number of carbonyl (C=O) groups is 2. The average molecular weight is 287 g/mol. The number of carboxylic acid groups (broad SMARTS) is 1. The van der Waals surface area contributed by atoms with Crippen LogP contribution >= 0.6 is 0 Å². The van der Waals surface area contributed by atoms with Crippen molar-refractivity contribution in [1.82, 2.24) is 15.1 Å². The van der Waals surface area contributed by atoms with E-state index in [1.165, 1.54) is 6.20 Å². The van der Waals surface area contributed by atoms with Gasteiger partial charge < -0.3 is 10.4 Å². The Kier molecular flexibility index (Phi) is 4.71. The summed E-state index contributed by atoms with van der Waals surface area (Å²) in [5.41, 5.74) is 0.880. The van der Waals surface area contributed by atoms with Crippen LogP contribution in [-0.4, -0.2) is 26.8 Å². The molecule has 2 aromatic rings. The van der Waals surface area contributed by atoms with E-state index in [2.05, 4.69) is 10.4 Å². The van der Waals surface area contributed by atoms with Gasteiger partial charge in [-0.2, -0.15) is 5.10 Å². The second-order valence-corrected chi connectivity index (χ2v) is 4.65. The van der Waals surface area contributed by atoms with Crippen molar-refractivity contribution in [2.24, 2.45) is 0 Å². The molecule has 2 N–H and O–H groups in total. The number of carboxylic acids is 1. The monoisotopic (exact) mass is 287 g/mol. The molecule has 0 radical (unpaired) electrons. The highest BCUT2D eigenvalue weighted by Gasteiger charge is 2.22. The van der Waals surface area contributed by atoms with Gasteiger partial charge in [-0.25, -0.2) is 4.79 Å². The maximum atomic E-state index is 12.1. The summed E-state index contributed by atoms with van der Waals surface area (Å²) in [6, 6.07) is 7.51. The van der Waals surface area contributed by atoms with Crippen LogP contribution < -0.4 is 5.32 Å². The lowest BCUT2D eigenvalue weighted by Gasteiger charge is -2.14. The number of aromatic nitrogens is 2. The molecule has 6 heteroatoms. The van der Waals surface area contributed by atoms with E-state index in [9.17, 15) is 14.7 Å². The van der Waals surface area contributed by atoms with E-state index in [4.69, 9.17) is 0 Å². The smallest absolute Gasteiger partial charge is 0.330 e. The van der Waals surface area contributed by atoms with Gasteiger partial charge in [-0.15, -0.1) is 0 Å². The maximum Gasteiger partial charge on any atom is 0.330 e.